The summed E-state index contributed by atoms with van der Waals surface area (Å²) in [6, 6.07) is 7.75. The van der Waals surface area contributed by atoms with Crippen molar-refractivity contribution in [2.75, 3.05) is 0 Å². The van der Waals surface area contributed by atoms with Crippen LogP contribution < -0.4 is 0 Å². The molecule has 0 radical (unpaired) electrons. The number of rotatable bonds is 1. The van der Waals surface area contributed by atoms with Crippen LogP contribution in [0.4, 0.5) is 0 Å². The van der Waals surface area contributed by atoms with Crippen LogP contribution in [0.15, 0.2) is 39.8 Å². The third kappa shape index (κ3) is 1.93. The lowest BCUT2D eigenvalue weighted by Gasteiger charge is -2.02. The molecule has 3 rings (SSSR count). The fourth-order valence-electron chi connectivity index (χ4n) is 1.69. The molecule has 0 aliphatic rings. The molecule has 0 unspecified atom stereocenters. The molecule has 2 aromatic heterocycles. The Bertz CT molecular complexity index is 673. The first kappa shape index (κ1) is 10.4. The molecule has 0 atom stereocenters. The van der Waals surface area contributed by atoms with Gasteiger partial charge in [-0.25, -0.2) is 15.0 Å². The molecule has 0 bridgehead atoms. The second kappa shape index (κ2) is 3.92. The van der Waals surface area contributed by atoms with Crippen LogP contribution in [-0.2, 0) is 0 Å². The highest BCUT2D eigenvalue weighted by atomic mass is 79.9. The Labute approximate surface area is 106 Å². The van der Waals surface area contributed by atoms with Crippen molar-refractivity contribution in [2.24, 2.45) is 0 Å². The minimum Gasteiger partial charge on any atom is -0.443 e. The van der Waals surface area contributed by atoms with Crippen LogP contribution in [0.1, 0.15) is 5.69 Å². The van der Waals surface area contributed by atoms with Crippen molar-refractivity contribution in [1.29, 1.82) is 0 Å². The first-order valence-corrected chi connectivity index (χ1v) is 5.86. The molecule has 4 nitrogen and oxygen atoms in total. The summed E-state index contributed by atoms with van der Waals surface area (Å²) in [6.45, 7) is 1.93. The van der Waals surface area contributed by atoms with E-state index in [0.29, 0.717) is 4.73 Å². The van der Waals surface area contributed by atoms with Crippen molar-refractivity contribution in [3.63, 3.8) is 0 Å². The smallest absolute Gasteiger partial charge is 0.197 e. The molecule has 0 spiro atoms. The molecular formula is C12H8BrN3O. The van der Waals surface area contributed by atoms with E-state index in [9.17, 15) is 0 Å². The zero-order chi connectivity index (χ0) is 11.8. The Hall–Kier alpha value is -1.75. The number of halogens is 1. The molecule has 0 fully saturated rings. The summed E-state index contributed by atoms with van der Waals surface area (Å²) >= 11 is 3.29. The summed E-state index contributed by atoms with van der Waals surface area (Å²) in [4.78, 5) is 12.6. The molecule has 0 saturated carbocycles. The van der Waals surface area contributed by atoms with Crippen molar-refractivity contribution in [3.05, 3.63) is 41.1 Å². The average Bonchev–Trinajstić information content (AvgIpc) is 2.74. The van der Waals surface area contributed by atoms with Crippen LogP contribution >= 0.6 is 15.9 Å². The second-order valence-corrected chi connectivity index (χ2v) is 4.41. The van der Waals surface area contributed by atoms with Crippen LogP contribution in [0.5, 0.6) is 0 Å². The SMILES string of the molecule is Cc1cc(-c2ccc3ncoc3c2)nc(Br)n1. The largest absolute Gasteiger partial charge is 0.443 e. The number of hydrogen-bond donors (Lipinski definition) is 0. The van der Waals surface area contributed by atoms with Crippen molar-refractivity contribution in [2.45, 2.75) is 6.92 Å². The van der Waals surface area contributed by atoms with E-state index in [1.165, 1.54) is 6.39 Å². The molecule has 84 valence electrons. The Morgan fingerprint density at radius 2 is 2.06 bits per heavy atom. The molecule has 0 aliphatic carbocycles. The monoisotopic (exact) mass is 289 g/mol. The first-order chi connectivity index (χ1) is 8.22. The lowest BCUT2D eigenvalue weighted by atomic mass is 10.1. The van der Waals surface area contributed by atoms with Gasteiger partial charge in [-0.15, -0.1) is 0 Å². The lowest BCUT2D eigenvalue weighted by molar-refractivity contribution is 0.602. The molecule has 1 aromatic carbocycles. The molecule has 0 N–H and O–H groups in total. The molecule has 3 aromatic rings. The van der Waals surface area contributed by atoms with E-state index in [4.69, 9.17) is 4.42 Å². The van der Waals surface area contributed by atoms with Gasteiger partial charge in [-0.2, -0.15) is 0 Å². The number of aromatic nitrogens is 3. The fourth-order valence-corrected chi connectivity index (χ4v) is 2.17. The maximum Gasteiger partial charge on any atom is 0.197 e. The summed E-state index contributed by atoms with van der Waals surface area (Å²) in [5.74, 6) is 0. The van der Waals surface area contributed by atoms with Crippen molar-refractivity contribution >= 4 is 27.0 Å². The van der Waals surface area contributed by atoms with Gasteiger partial charge >= 0.3 is 0 Å². The van der Waals surface area contributed by atoms with Crippen LogP contribution in [0.3, 0.4) is 0 Å². The maximum absolute atomic E-state index is 5.27. The van der Waals surface area contributed by atoms with Gasteiger partial charge in [0.05, 0.1) is 5.69 Å². The maximum atomic E-state index is 5.27. The fraction of sp³-hybridized carbons (Fsp3) is 0.0833. The van der Waals surface area contributed by atoms with Crippen LogP contribution in [0.2, 0.25) is 0 Å². The third-order valence-corrected chi connectivity index (χ3v) is 2.81. The van der Waals surface area contributed by atoms with E-state index < -0.39 is 0 Å². The molecule has 5 heteroatoms. The highest BCUT2D eigenvalue weighted by molar-refractivity contribution is 9.10. The molecule has 0 amide bonds. The number of hydrogen-bond acceptors (Lipinski definition) is 4. The van der Waals surface area contributed by atoms with Gasteiger partial charge < -0.3 is 4.42 Å². The Morgan fingerprint density at radius 3 is 2.88 bits per heavy atom. The molecular weight excluding hydrogens is 282 g/mol. The van der Waals surface area contributed by atoms with E-state index in [1.54, 1.807) is 0 Å². The van der Waals surface area contributed by atoms with Gasteiger partial charge in [-0.05, 0) is 41.1 Å². The van der Waals surface area contributed by atoms with Crippen LogP contribution in [0.25, 0.3) is 22.4 Å². The van der Waals surface area contributed by atoms with Gasteiger partial charge in [0.25, 0.3) is 0 Å². The van der Waals surface area contributed by atoms with Crippen molar-refractivity contribution in [1.82, 2.24) is 15.0 Å². The first-order valence-electron chi connectivity index (χ1n) is 5.07. The summed E-state index contributed by atoms with van der Waals surface area (Å²) in [5, 5.41) is 0. The van der Waals surface area contributed by atoms with Gasteiger partial charge in [0, 0.05) is 11.3 Å². The van der Waals surface area contributed by atoms with E-state index in [2.05, 4.69) is 30.9 Å². The minimum absolute atomic E-state index is 0.588. The normalized spacial score (nSPS) is 10.9. The molecule has 0 aliphatic heterocycles. The summed E-state index contributed by atoms with van der Waals surface area (Å²) in [5.41, 5.74) is 4.37. The highest BCUT2D eigenvalue weighted by Gasteiger charge is 2.05. The lowest BCUT2D eigenvalue weighted by Crippen LogP contribution is -1.90. The predicted octanol–water partition coefficient (Wildman–Crippen LogP) is 3.36. The average molecular weight is 290 g/mol. The van der Waals surface area contributed by atoms with Gasteiger partial charge in [0.1, 0.15) is 5.52 Å². The van der Waals surface area contributed by atoms with Crippen molar-refractivity contribution < 1.29 is 4.42 Å². The molecule has 0 saturated heterocycles. The van der Waals surface area contributed by atoms with E-state index in [1.807, 2.05) is 31.2 Å². The minimum atomic E-state index is 0.588. The summed E-state index contributed by atoms with van der Waals surface area (Å²) in [6.07, 6.45) is 1.44. The van der Waals surface area contributed by atoms with Crippen molar-refractivity contribution in [3.8, 4) is 11.3 Å². The predicted molar refractivity (Wildman–Crippen MR) is 67.5 cm³/mol. The van der Waals surface area contributed by atoms with Gasteiger partial charge in [-0.3, -0.25) is 0 Å². The third-order valence-electron chi connectivity index (χ3n) is 2.45. The standard InChI is InChI=1S/C12H8BrN3O/c1-7-4-10(16-12(13)15-7)8-2-3-9-11(5-8)17-6-14-9/h2-6H,1H3. The molecule has 2 heterocycles. The number of aryl methyl sites for hydroxylation is 1. The van der Waals surface area contributed by atoms with E-state index >= 15 is 0 Å². The Morgan fingerprint density at radius 1 is 1.18 bits per heavy atom. The van der Waals surface area contributed by atoms with Gasteiger partial charge in [-0.1, -0.05) is 6.07 Å². The van der Waals surface area contributed by atoms with Crippen LogP contribution in [0, 0.1) is 6.92 Å². The summed E-state index contributed by atoms with van der Waals surface area (Å²) < 4.78 is 5.86. The number of benzene rings is 1. The van der Waals surface area contributed by atoms with E-state index in [0.717, 1.165) is 28.1 Å². The highest BCUT2D eigenvalue weighted by Crippen LogP contribution is 2.23. The van der Waals surface area contributed by atoms with Gasteiger partial charge in [0.15, 0.2) is 16.7 Å². The Balaban J connectivity index is 2.19. The second-order valence-electron chi connectivity index (χ2n) is 3.70. The zero-order valence-corrected chi connectivity index (χ0v) is 10.6. The Kier molecular flexibility index (Phi) is 2.40. The quantitative estimate of drug-likeness (QED) is 0.645. The van der Waals surface area contributed by atoms with E-state index in [-0.39, 0.29) is 0 Å². The number of oxazole rings is 1. The topological polar surface area (TPSA) is 51.8 Å². The number of nitrogens with zero attached hydrogens (tertiary/aromatic N) is 3. The number of fused-ring (bicyclic) bond motifs is 1. The van der Waals surface area contributed by atoms with Gasteiger partial charge in [0.2, 0.25) is 0 Å². The molecule has 17 heavy (non-hydrogen) atoms. The zero-order valence-electron chi connectivity index (χ0n) is 9.01. The van der Waals surface area contributed by atoms with Crippen LogP contribution in [-0.4, -0.2) is 15.0 Å². The summed E-state index contributed by atoms with van der Waals surface area (Å²) in [7, 11) is 0.